The number of carbonyl (C=O) groups excluding carboxylic acids is 1. The summed E-state index contributed by atoms with van der Waals surface area (Å²) in [6.07, 6.45) is 3.65. The van der Waals surface area contributed by atoms with Crippen LogP contribution in [0.15, 0.2) is 79.1 Å². The zero-order valence-electron chi connectivity index (χ0n) is 17.7. The van der Waals surface area contributed by atoms with Crippen molar-refractivity contribution >= 4 is 5.91 Å². The van der Waals surface area contributed by atoms with E-state index >= 15 is 0 Å². The second-order valence-electron chi connectivity index (χ2n) is 7.23. The number of aromatic nitrogens is 4. The van der Waals surface area contributed by atoms with Crippen LogP contribution in [-0.2, 0) is 19.8 Å². The van der Waals surface area contributed by atoms with Crippen LogP contribution in [0.1, 0.15) is 23.1 Å². The molecule has 7 nitrogen and oxygen atoms in total. The Kier molecular flexibility index (Phi) is 6.12. The Bertz CT molecular complexity index is 1130. The predicted octanol–water partition coefficient (Wildman–Crippen LogP) is 4.08. The molecule has 2 aromatic heterocycles. The van der Waals surface area contributed by atoms with E-state index in [0.717, 1.165) is 29.1 Å². The van der Waals surface area contributed by atoms with Gasteiger partial charge in [-0.05, 0) is 42.3 Å². The fourth-order valence-electron chi connectivity index (χ4n) is 3.24. The summed E-state index contributed by atoms with van der Waals surface area (Å²) in [5.41, 5.74) is 3.52. The topological polar surface area (TPSA) is 65.2 Å². The van der Waals surface area contributed by atoms with Gasteiger partial charge in [0.25, 0.3) is 5.91 Å². The van der Waals surface area contributed by atoms with E-state index in [1.165, 1.54) is 0 Å². The van der Waals surface area contributed by atoms with E-state index in [9.17, 15) is 4.79 Å². The highest BCUT2D eigenvalue weighted by molar-refractivity contribution is 5.91. The smallest absolute Gasteiger partial charge is 0.274 e. The number of rotatable bonds is 8. The Labute approximate surface area is 181 Å². The first-order valence-corrected chi connectivity index (χ1v) is 10.2. The van der Waals surface area contributed by atoms with Gasteiger partial charge in [0.15, 0.2) is 12.4 Å². The van der Waals surface area contributed by atoms with Crippen LogP contribution in [0.5, 0.6) is 5.75 Å². The molecule has 0 saturated heterocycles. The molecule has 2 aromatic carbocycles. The van der Waals surface area contributed by atoms with Crippen LogP contribution < -0.4 is 4.74 Å². The van der Waals surface area contributed by atoms with E-state index in [-0.39, 0.29) is 12.6 Å². The molecule has 0 saturated carbocycles. The lowest BCUT2D eigenvalue weighted by Crippen LogP contribution is -2.27. The number of aryl methyl sites for hydroxylation is 1. The zero-order valence-corrected chi connectivity index (χ0v) is 17.7. The van der Waals surface area contributed by atoms with Crippen molar-refractivity contribution in [3.8, 4) is 16.9 Å². The van der Waals surface area contributed by atoms with Gasteiger partial charge < -0.3 is 9.64 Å². The van der Waals surface area contributed by atoms with Crippen molar-refractivity contribution in [1.29, 1.82) is 0 Å². The summed E-state index contributed by atoms with van der Waals surface area (Å²) in [4.78, 5) is 14.3. The molecule has 158 valence electrons. The summed E-state index contributed by atoms with van der Waals surface area (Å²) in [5, 5.41) is 8.76. The van der Waals surface area contributed by atoms with E-state index in [2.05, 4.69) is 22.3 Å². The molecule has 1 amide bonds. The number of nitrogens with zero attached hydrogens (tertiary/aromatic N) is 5. The molecule has 0 spiro atoms. The number of hydrogen-bond donors (Lipinski definition) is 0. The first kappa shape index (κ1) is 20.4. The Morgan fingerprint density at radius 3 is 2.32 bits per heavy atom. The van der Waals surface area contributed by atoms with Gasteiger partial charge in [-0.1, -0.05) is 42.5 Å². The molecule has 7 heteroatoms. The molecule has 0 bridgehead atoms. The molecule has 2 heterocycles. The Morgan fingerprint density at radius 1 is 0.903 bits per heavy atom. The minimum atomic E-state index is -0.156. The van der Waals surface area contributed by atoms with E-state index < -0.39 is 0 Å². The molecule has 0 aliphatic carbocycles. The third-order valence-corrected chi connectivity index (χ3v) is 4.95. The molecule has 0 aliphatic rings. The summed E-state index contributed by atoms with van der Waals surface area (Å²) >= 11 is 0. The van der Waals surface area contributed by atoms with Gasteiger partial charge >= 0.3 is 0 Å². The van der Waals surface area contributed by atoms with Crippen molar-refractivity contribution in [1.82, 2.24) is 24.5 Å². The van der Waals surface area contributed by atoms with Crippen LogP contribution in [-0.4, -0.2) is 37.4 Å². The molecule has 0 fully saturated rings. The molecule has 0 radical (unpaired) electrons. The Morgan fingerprint density at radius 2 is 1.61 bits per heavy atom. The highest BCUT2D eigenvalue weighted by Crippen LogP contribution is 2.22. The number of hydrogen-bond acceptors (Lipinski definition) is 4. The van der Waals surface area contributed by atoms with Gasteiger partial charge in [0.2, 0.25) is 0 Å². The quantitative estimate of drug-likeness (QED) is 0.435. The zero-order chi connectivity index (χ0) is 21.6. The first-order valence-electron chi connectivity index (χ1n) is 10.2. The molecular weight excluding hydrogens is 390 g/mol. The van der Waals surface area contributed by atoms with Gasteiger partial charge in [-0.3, -0.25) is 9.48 Å². The minimum Gasteiger partial charge on any atom is -0.471 e. The Hall–Kier alpha value is -3.87. The van der Waals surface area contributed by atoms with E-state index in [1.807, 2.05) is 66.3 Å². The highest BCUT2D eigenvalue weighted by atomic mass is 16.5. The molecule has 31 heavy (non-hydrogen) atoms. The maximum absolute atomic E-state index is 12.7. The largest absolute Gasteiger partial charge is 0.471 e. The number of benzene rings is 2. The third-order valence-electron chi connectivity index (χ3n) is 4.95. The van der Waals surface area contributed by atoms with Crippen LogP contribution in [0, 0.1) is 0 Å². The first-order chi connectivity index (χ1) is 15.1. The number of amides is 1. The fourth-order valence-corrected chi connectivity index (χ4v) is 3.24. The van der Waals surface area contributed by atoms with Crippen molar-refractivity contribution in [2.45, 2.75) is 26.7 Å². The van der Waals surface area contributed by atoms with Gasteiger partial charge in [-0.15, -0.1) is 0 Å². The molecule has 0 unspecified atom stereocenters. The molecule has 0 N–H and O–H groups in total. The van der Waals surface area contributed by atoms with Crippen LogP contribution in [0.4, 0.5) is 0 Å². The standard InChI is InChI=1S/C24H25N5O2/c1-3-28-15-13-21(25-28)17-27(2)24(30)23-14-16-29(26-23)18-31-22-11-9-20(10-12-22)19-7-5-4-6-8-19/h4-16H,3,17-18H2,1-2H3. The van der Waals surface area contributed by atoms with Gasteiger partial charge in [0.05, 0.1) is 12.2 Å². The van der Waals surface area contributed by atoms with Gasteiger partial charge in [-0.25, -0.2) is 4.68 Å². The van der Waals surface area contributed by atoms with Gasteiger partial charge in [0.1, 0.15) is 5.75 Å². The van der Waals surface area contributed by atoms with Crippen molar-refractivity contribution < 1.29 is 9.53 Å². The van der Waals surface area contributed by atoms with Crippen LogP contribution >= 0.6 is 0 Å². The average Bonchev–Trinajstić information content (AvgIpc) is 3.47. The third kappa shape index (κ3) is 5.01. The van der Waals surface area contributed by atoms with E-state index in [4.69, 9.17) is 4.74 Å². The molecule has 4 aromatic rings. The van der Waals surface area contributed by atoms with Gasteiger partial charge in [0, 0.05) is 26.0 Å². The van der Waals surface area contributed by atoms with E-state index in [0.29, 0.717) is 12.2 Å². The van der Waals surface area contributed by atoms with Crippen LogP contribution in [0.25, 0.3) is 11.1 Å². The maximum Gasteiger partial charge on any atom is 0.274 e. The van der Waals surface area contributed by atoms with Crippen LogP contribution in [0.2, 0.25) is 0 Å². The fraction of sp³-hybridized carbons (Fsp3) is 0.208. The average molecular weight is 415 g/mol. The summed E-state index contributed by atoms with van der Waals surface area (Å²) in [6, 6.07) is 21.7. The maximum atomic E-state index is 12.7. The van der Waals surface area contributed by atoms with Crippen molar-refractivity contribution in [3.63, 3.8) is 0 Å². The van der Waals surface area contributed by atoms with Crippen molar-refractivity contribution in [3.05, 3.63) is 90.5 Å². The SMILES string of the molecule is CCn1ccc(CN(C)C(=O)c2ccn(COc3ccc(-c4ccccc4)cc3)n2)n1. The van der Waals surface area contributed by atoms with Crippen LogP contribution in [0.3, 0.4) is 0 Å². The van der Waals surface area contributed by atoms with E-state index in [1.54, 1.807) is 28.9 Å². The second kappa shape index (κ2) is 9.30. The predicted molar refractivity (Wildman–Crippen MR) is 118 cm³/mol. The number of ether oxygens (including phenoxy) is 1. The Balaban J connectivity index is 1.32. The summed E-state index contributed by atoms with van der Waals surface area (Å²) in [5.74, 6) is 0.587. The normalized spacial score (nSPS) is 10.8. The minimum absolute atomic E-state index is 0.156. The highest BCUT2D eigenvalue weighted by Gasteiger charge is 2.16. The summed E-state index contributed by atoms with van der Waals surface area (Å²) in [7, 11) is 1.75. The lowest BCUT2D eigenvalue weighted by molar-refractivity contribution is 0.0775. The monoisotopic (exact) mass is 415 g/mol. The summed E-state index contributed by atoms with van der Waals surface area (Å²) < 4.78 is 9.26. The van der Waals surface area contributed by atoms with Gasteiger partial charge in [-0.2, -0.15) is 10.2 Å². The van der Waals surface area contributed by atoms with Crippen molar-refractivity contribution in [2.24, 2.45) is 0 Å². The lowest BCUT2D eigenvalue weighted by atomic mass is 10.1. The molecule has 4 rings (SSSR count). The number of carbonyl (C=O) groups is 1. The molecular formula is C24H25N5O2. The molecule has 0 atom stereocenters. The second-order valence-corrected chi connectivity index (χ2v) is 7.23. The van der Waals surface area contributed by atoms with Crippen molar-refractivity contribution in [2.75, 3.05) is 7.05 Å². The lowest BCUT2D eigenvalue weighted by Gasteiger charge is -2.14. The summed E-state index contributed by atoms with van der Waals surface area (Å²) in [6.45, 7) is 3.49. The molecule has 0 aliphatic heterocycles.